The number of amides is 1. The molecule has 1 fully saturated rings. The average Bonchev–Trinajstić information content (AvgIpc) is 3.12. The molecular formula is C22H37N5O2. The predicted molar refractivity (Wildman–Crippen MR) is 115 cm³/mol. The first-order valence-electron chi connectivity index (χ1n) is 11.1. The van der Waals surface area contributed by atoms with E-state index in [4.69, 9.17) is 9.84 Å². The third-order valence-electron chi connectivity index (χ3n) is 6.41. The first-order valence-corrected chi connectivity index (χ1v) is 11.1. The van der Waals surface area contributed by atoms with Crippen molar-refractivity contribution < 1.29 is 9.53 Å². The molecule has 0 spiro atoms. The lowest BCUT2D eigenvalue weighted by atomic mass is 9.90. The van der Waals surface area contributed by atoms with Crippen molar-refractivity contribution in [3.63, 3.8) is 0 Å². The summed E-state index contributed by atoms with van der Waals surface area (Å²) in [4.78, 5) is 20.0. The van der Waals surface area contributed by atoms with Gasteiger partial charge >= 0.3 is 0 Å². The van der Waals surface area contributed by atoms with Gasteiger partial charge in [-0.05, 0) is 39.4 Å². The van der Waals surface area contributed by atoms with Crippen LogP contribution in [-0.4, -0.2) is 96.0 Å². The lowest BCUT2D eigenvalue weighted by Gasteiger charge is -2.33. The van der Waals surface area contributed by atoms with Crippen molar-refractivity contribution >= 4 is 5.91 Å². The van der Waals surface area contributed by atoms with Crippen LogP contribution in [0.4, 0.5) is 0 Å². The van der Waals surface area contributed by atoms with Gasteiger partial charge in [-0.25, -0.2) is 0 Å². The van der Waals surface area contributed by atoms with Crippen LogP contribution in [0.5, 0.6) is 0 Å². The molecule has 1 atom stereocenters. The molecule has 3 rings (SSSR count). The molecule has 1 aliphatic carbocycles. The Morgan fingerprint density at radius 2 is 2.00 bits per heavy atom. The molecule has 1 saturated heterocycles. The Morgan fingerprint density at radius 1 is 1.28 bits per heavy atom. The number of carbonyl (C=O) groups excluding carboxylic acids is 1. The summed E-state index contributed by atoms with van der Waals surface area (Å²) >= 11 is 0. The molecule has 1 aliphatic heterocycles. The van der Waals surface area contributed by atoms with Gasteiger partial charge in [0.15, 0.2) is 5.69 Å². The monoisotopic (exact) mass is 403 g/mol. The van der Waals surface area contributed by atoms with E-state index in [-0.39, 0.29) is 5.91 Å². The summed E-state index contributed by atoms with van der Waals surface area (Å²) in [5.41, 5.74) is 3.01. The summed E-state index contributed by atoms with van der Waals surface area (Å²) in [5.74, 6) is 0.0545. The van der Waals surface area contributed by atoms with Crippen molar-refractivity contribution in [3.8, 4) is 0 Å². The number of rotatable bonds is 9. The minimum atomic E-state index is 0.0545. The Balaban J connectivity index is 1.76. The molecule has 7 heteroatoms. The van der Waals surface area contributed by atoms with Crippen LogP contribution in [0.2, 0.25) is 0 Å². The van der Waals surface area contributed by atoms with E-state index >= 15 is 0 Å². The highest BCUT2D eigenvalue weighted by atomic mass is 16.5. The van der Waals surface area contributed by atoms with Crippen LogP contribution in [0.3, 0.4) is 0 Å². The fraction of sp³-hybridized carbons (Fsp3) is 0.727. The second kappa shape index (κ2) is 10.4. The van der Waals surface area contributed by atoms with E-state index < -0.39 is 0 Å². The third kappa shape index (κ3) is 5.08. The number of likely N-dealkylation sites (N-methyl/N-ethyl adjacent to an activating group) is 2. The number of aromatic nitrogens is 2. The minimum absolute atomic E-state index is 0.0545. The Bertz CT molecular complexity index is 692. The van der Waals surface area contributed by atoms with Gasteiger partial charge < -0.3 is 19.4 Å². The molecule has 0 bridgehead atoms. The Hall–Kier alpha value is -1.70. The second-order valence-electron chi connectivity index (χ2n) is 8.05. The number of hydrogen-bond donors (Lipinski definition) is 0. The molecule has 0 unspecified atom stereocenters. The van der Waals surface area contributed by atoms with Crippen LogP contribution in [0.1, 0.15) is 42.0 Å². The summed E-state index contributed by atoms with van der Waals surface area (Å²) in [6.45, 7) is 15.8. The van der Waals surface area contributed by atoms with Gasteiger partial charge in [0.25, 0.3) is 5.91 Å². The quantitative estimate of drug-likeness (QED) is 0.587. The number of hydrogen-bond acceptors (Lipinski definition) is 5. The van der Waals surface area contributed by atoms with Crippen molar-refractivity contribution in [3.05, 3.63) is 29.6 Å². The lowest BCUT2D eigenvalue weighted by molar-refractivity contribution is 0.0297. The van der Waals surface area contributed by atoms with Gasteiger partial charge in [0.1, 0.15) is 0 Å². The molecule has 0 aromatic carbocycles. The maximum Gasteiger partial charge on any atom is 0.274 e. The highest BCUT2D eigenvalue weighted by molar-refractivity contribution is 5.94. The predicted octanol–water partition coefficient (Wildman–Crippen LogP) is 1.67. The van der Waals surface area contributed by atoms with Crippen molar-refractivity contribution in [2.75, 3.05) is 59.5 Å². The zero-order chi connectivity index (χ0) is 20.8. The van der Waals surface area contributed by atoms with Crippen molar-refractivity contribution in [1.29, 1.82) is 0 Å². The fourth-order valence-electron chi connectivity index (χ4n) is 4.43. The SMILES string of the molecule is C=CCn1nc(C(=O)N2CCOCC2)c2c1CC[C@@H](N(C)CCN(CC)CC)C2. The average molecular weight is 404 g/mol. The number of ether oxygens (including phenoxy) is 1. The molecule has 2 heterocycles. The number of nitrogens with zero attached hydrogens (tertiary/aromatic N) is 5. The largest absolute Gasteiger partial charge is 0.378 e. The van der Waals surface area contributed by atoms with Crippen LogP contribution in [-0.2, 0) is 24.1 Å². The number of carbonyl (C=O) groups is 1. The van der Waals surface area contributed by atoms with Gasteiger partial charge in [-0.15, -0.1) is 6.58 Å². The minimum Gasteiger partial charge on any atom is -0.378 e. The van der Waals surface area contributed by atoms with Gasteiger partial charge in [-0.2, -0.15) is 5.10 Å². The molecule has 0 saturated carbocycles. The van der Waals surface area contributed by atoms with Gasteiger partial charge in [0.05, 0.1) is 19.8 Å². The number of fused-ring (bicyclic) bond motifs is 1. The van der Waals surface area contributed by atoms with Crippen LogP contribution in [0.15, 0.2) is 12.7 Å². The molecular weight excluding hydrogens is 366 g/mol. The van der Waals surface area contributed by atoms with E-state index in [1.54, 1.807) is 0 Å². The van der Waals surface area contributed by atoms with Crippen LogP contribution in [0, 0.1) is 0 Å². The smallest absolute Gasteiger partial charge is 0.274 e. The van der Waals surface area contributed by atoms with Gasteiger partial charge in [0.2, 0.25) is 0 Å². The van der Waals surface area contributed by atoms with Crippen LogP contribution in [0.25, 0.3) is 0 Å². The van der Waals surface area contributed by atoms with Gasteiger partial charge in [-0.3, -0.25) is 9.48 Å². The molecule has 7 nitrogen and oxygen atoms in total. The topological polar surface area (TPSA) is 53.8 Å². The van der Waals surface area contributed by atoms with Crippen molar-refractivity contribution in [2.45, 2.75) is 45.7 Å². The Kier molecular flexibility index (Phi) is 7.86. The molecule has 2 aliphatic rings. The van der Waals surface area contributed by atoms with Crippen molar-refractivity contribution in [1.82, 2.24) is 24.5 Å². The zero-order valence-electron chi connectivity index (χ0n) is 18.4. The number of morpholine rings is 1. The normalized spacial score (nSPS) is 19.6. The Morgan fingerprint density at radius 3 is 2.66 bits per heavy atom. The molecule has 29 heavy (non-hydrogen) atoms. The summed E-state index contributed by atoms with van der Waals surface area (Å²) in [6.07, 6.45) is 4.83. The summed E-state index contributed by atoms with van der Waals surface area (Å²) in [6, 6.07) is 0.454. The third-order valence-corrected chi connectivity index (χ3v) is 6.41. The van der Waals surface area contributed by atoms with E-state index in [0.29, 0.717) is 44.6 Å². The van der Waals surface area contributed by atoms with Gasteiger partial charge in [0, 0.05) is 43.5 Å². The van der Waals surface area contributed by atoms with E-state index in [0.717, 1.165) is 51.0 Å². The van der Waals surface area contributed by atoms with Crippen LogP contribution < -0.4 is 0 Å². The summed E-state index contributed by atoms with van der Waals surface area (Å²) < 4.78 is 7.40. The highest BCUT2D eigenvalue weighted by Crippen LogP contribution is 2.28. The second-order valence-corrected chi connectivity index (χ2v) is 8.05. The van der Waals surface area contributed by atoms with E-state index in [1.807, 2.05) is 15.7 Å². The van der Waals surface area contributed by atoms with Gasteiger partial charge in [-0.1, -0.05) is 19.9 Å². The molecule has 1 aromatic heterocycles. The summed E-state index contributed by atoms with van der Waals surface area (Å²) in [7, 11) is 2.22. The zero-order valence-corrected chi connectivity index (χ0v) is 18.4. The number of allylic oxidation sites excluding steroid dienone is 1. The maximum atomic E-state index is 13.2. The van der Waals surface area contributed by atoms with E-state index in [9.17, 15) is 4.79 Å². The maximum absolute atomic E-state index is 13.2. The lowest BCUT2D eigenvalue weighted by Crippen LogP contribution is -2.43. The summed E-state index contributed by atoms with van der Waals surface area (Å²) in [5, 5.41) is 4.74. The molecule has 0 N–H and O–H groups in total. The highest BCUT2D eigenvalue weighted by Gasteiger charge is 2.32. The van der Waals surface area contributed by atoms with E-state index in [2.05, 4.69) is 37.3 Å². The Labute approximate surface area is 175 Å². The molecule has 1 aromatic rings. The fourth-order valence-corrected chi connectivity index (χ4v) is 4.43. The van der Waals surface area contributed by atoms with Crippen molar-refractivity contribution in [2.24, 2.45) is 0 Å². The first kappa shape index (κ1) is 22.0. The first-order chi connectivity index (χ1) is 14.1. The molecule has 0 radical (unpaired) electrons. The molecule has 1 amide bonds. The molecule has 162 valence electrons. The van der Waals surface area contributed by atoms with E-state index in [1.165, 1.54) is 5.69 Å². The standard InChI is InChI=1S/C22H37N5O2/c1-5-10-27-20-9-8-18(24(4)11-12-25(6-2)7-3)17-19(20)21(23-27)22(28)26-13-15-29-16-14-26/h5,18H,1,6-17H2,2-4H3/t18-/m1/s1. The van der Waals surface area contributed by atoms with Crippen LogP contribution >= 0.6 is 0 Å².